The largest absolute Gasteiger partial charge is 0.494 e. The van der Waals surface area contributed by atoms with Crippen molar-refractivity contribution in [3.63, 3.8) is 0 Å². The Kier molecular flexibility index (Phi) is 5.63. The summed E-state index contributed by atoms with van der Waals surface area (Å²) in [6.07, 6.45) is 0. The normalized spacial score (nSPS) is 10.2. The van der Waals surface area contributed by atoms with Crippen LogP contribution in [0.25, 0.3) is 0 Å². The summed E-state index contributed by atoms with van der Waals surface area (Å²) in [4.78, 5) is 0. The van der Waals surface area contributed by atoms with Crippen molar-refractivity contribution in [2.75, 3.05) is 12.0 Å². The quantitative estimate of drug-likeness (QED) is 0.449. The predicted molar refractivity (Wildman–Crippen MR) is 84.3 cm³/mol. The molecule has 0 heterocycles. The van der Waals surface area contributed by atoms with Crippen LogP contribution < -0.4 is 21.1 Å². The minimum absolute atomic E-state index is 0.414. The molecule has 21 heavy (non-hydrogen) atoms. The summed E-state index contributed by atoms with van der Waals surface area (Å²) < 4.78 is 5.43. The van der Waals surface area contributed by atoms with E-state index in [1.807, 2.05) is 43.3 Å². The number of para-hydroxylation sites is 1. The molecule has 0 fully saturated rings. The molecule has 2 rings (SSSR count). The van der Waals surface area contributed by atoms with Gasteiger partial charge in [-0.05, 0) is 42.2 Å². The fourth-order valence-corrected chi connectivity index (χ4v) is 1.96. The van der Waals surface area contributed by atoms with Crippen molar-refractivity contribution in [2.24, 2.45) is 0 Å². The van der Waals surface area contributed by atoms with Crippen LogP contribution in [0.1, 0.15) is 12.5 Å². The van der Waals surface area contributed by atoms with Crippen LogP contribution in [0.15, 0.2) is 48.5 Å². The van der Waals surface area contributed by atoms with E-state index in [4.69, 9.17) is 4.74 Å². The molecule has 0 bridgehead atoms. The maximum absolute atomic E-state index is 9.31. The molecule has 6 heteroatoms. The van der Waals surface area contributed by atoms with Gasteiger partial charge in [-0.15, -0.1) is 0 Å². The Morgan fingerprint density at radius 1 is 1.10 bits per heavy atom. The standard InChI is InChI=1S/C15H19BN2O3/c1-2-21-15-9-12(8-13(10-15)16(19)20)11-17-18-14-6-4-3-5-7-14/h3-10,17-20H,2,11H2,1H3. The van der Waals surface area contributed by atoms with Crippen LogP contribution in [0.2, 0.25) is 0 Å². The Labute approximate surface area is 124 Å². The van der Waals surface area contributed by atoms with Gasteiger partial charge in [-0.25, -0.2) is 5.43 Å². The highest BCUT2D eigenvalue weighted by Gasteiger charge is 2.13. The lowest BCUT2D eigenvalue weighted by molar-refractivity contribution is 0.339. The van der Waals surface area contributed by atoms with E-state index in [0.717, 1.165) is 11.3 Å². The molecule has 2 aromatic carbocycles. The average Bonchev–Trinajstić information content (AvgIpc) is 2.48. The van der Waals surface area contributed by atoms with Crippen molar-refractivity contribution in [3.05, 3.63) is 54.1 Å². The molecule has 0 unspecified atom stereocenters. The van der Waals surface area contributed by atoms with Gasteiger partial charge in [0.05, 0.1) is 6.61 Å². The van der Waals surface area contributed by atoms with Crippen molar-refractivity contribution in [1.29, 1.82) is 0 Å². The Balaban J connectivity index is 2.01. The first kappa shape index (κ1) is 15.4. The fourth-order valence-electron chi connectivity index (χ4n) is 1.96. The molecule has 0 spiro atoms. The van der Waals surface area contributed by atoms with Crippen LogP contribution in [0.4, 0.5) is 5.69 Å². The minimum atomic E-state index is -1.51. The molecule has 0 amide bonds. The molecule has 2 aromatic rings. The summed E-state index contributed by atoms with van der Waals surface area (Å²) in [5, 5.41) is 18.6. The Hall–Kier alpha value is -2.02. The monoisotopic (exact) mass is 286 g/mol. The van der Waals surface area contributed by atoms with Gasteiger partial charge in [0.25, 0.3) is 0 Å². The second-order valence-corrected chi connectivity index (χ2v) is 4.56. The van der Waals surface area contributed by atoms with Gasteiger partial charge in [-0.3, -0.25) is 0 Å². The third-order valence-electron chi connectivity index (χ3n) is 2.90. The van der Waals surface area contributed by atoms with Crippen LogP contribution >= 0.6 is 0 Å². The number of ether oxygens (including phenoxy) is 1. The number of hydrogen-bond acceptors (Lipinski definition) is 5. The molecular formula is C15H19BN2O3. The van der Waals surface area contributed by atoms with Gasteiger partial charge in [-0.2, -0.15) is 0 Å². The highest BCUT2D eigenvalue weighted by molar-refractivity contribution is 6.58. The number of benzene rings is 2. The van der Waals surface area contributed by atoms with Crippen LogP contribution in [0, 0.1) is 0 Å². The fraction of sp³-hybridized carbons (Fsp3) is 0.200. The zero-order valence-corrected chi connectivity index (χ0v) is 11.9. The van der Waals surface area contributed by atoms with Gasteiger partial charge >= 0.3 is 7.12 Å². The third kappa shape index (κ3) is 4.79. The molecule has 0 aliphatic heterocycles. The van der Waals surface area contributed by atoms with Crippen molar-refractivity contribution in [2.45, 2.75) is 13.5 Å². The van der Waals surface area contributed by atoms with E-state index in [9.17, 15) is 10.0 Å². The first-order valence-corrected chi connectivity index (χ1v) is 6.85. The van der Waals surface area contributed by atoms with Crippen molar-refractivity contribution < 1.29 is 14.8 Å². The van der Waals surface area contributed by atoms with Crippen molar-refractivity contribution in [3.8, 4) is 5.75 Å². The molecular weight excluding hydrogens is 267 g/mol. The van der Waals surface area contributed by atoms with Crippen LogP contribution in [0.3, 0.4) is 0 Å². The summed E-state index contributed by atoms with van der Waals surface area (Å²) in [5.74, 6) is 0.625. The molecule has 0 radical (unpaired) electrons. The molecule has 5 nitrogen and oxygen atoms in total. The van der Waals surface area contributed by atoms with Gasteiger partial charge in [0, 0.05) is 12.2 Å². The van der Waals surface area contributed by atoms with E-state index in [0.29, 0.717) is 24.4 Å². The smallest absolute Gasteiger partial charge is 0.488 e. The number of rotatable bonds is 7. The molecule has 0 aliphatic rings. The van der Waals surface area contributed by atoms with E-state index >= 15 is 0 Å². The highest BCUT2D eigenvalue weighted by Crippen LogP contribution is 2.12. The van der Waals surface area contributed by atoms with Crippen LogP contribution in [-0.4, -0.2) is 23.8 Å². The zero-order chi connectivity index (χ0) is 15.1. The van der Waals surface area contributed by atoms with E-state index in [2.05, 4.69) is 10.9 Å². The highest BCUT2D eigenvalue weighted by atomic mass is 16.5. The second-order valence-electron chi connectivity index (χ2n) is 4.56. The maximum Gasteiger partial charge on any atom is 0.488 e. The molecule has 0 atom stereocenters. The predicted octanol–water partition coefficient (Wildman–Crippen LogP) is 0.882. The Morgan fingerprint density at radius 3 is 2.52 bits per heavy atom. The van der Waals surface area contributed by atoms with Crippen LogP contribution in [-0.2, 0) is 6.54 Å². The van der Waals surface area contributed by atoms with Crippen molar-refractivity contribution in [1.82, 2.24) is 5.43 Å². The molecule has 0 aromatic heterocycles. The average molecular weight is 286 g/mol. The van der Waals surface area contributed by atoms with Gasteiger partial charge in [-0.1, -0.05) is 24.3 Å². The molecule has 0 saturated heterocycles. The van der Waals surface area contributed by atoms with Crippen molar-refractivity contribution >= 4 is 18.3 Å². The Morgan fingerprint density at radius 2 is 1.86 bits per heavy atom. The molecule has 0 aliphatic carbocycles. The van der Waals surface area contributed by atoms with E-state index < -0.39 is 7.12 Å². The first-order valence-electron chi connectivity index (χ1n) is 6.85. The Bertz CT molecular complexity index is 564. The number of hydrogen-bond donors (Lipinski definition) is 4. The lowest BCUT2D eigenvalue weighted by atomic mass is 9.79. The van der Waals surface area contributed by atoms with Gasteiger partial charge < -0.3 is 20.2 Å². The number of nitrogens with one attached hydrogen (secondary N) is 2. The van der Waals surface area contributed by atoms with Gasteiger partial charge in [0.1, 0.15) is 5.75 Å². The number of anilines is 1. The molecule has 0 saturated carbocycles. The second kappa shape index (κ2) is 7.68. The molecule has 4 N–H and O–H groups in total. The maximum atomic E-state index is 9.31. The summed E-state index contributed by atoms with van der Waals surface area (Å²) in [7, 11) is -1.51. The summed E-state index contributed by atoms with van der Waals surface area (Å²) >= 11 is 0. The summed E-state index contributed by atoms with van der Waals surface area (Å²) in [6.45, 7) is 2.94. The van der Waals surface area contributed by atoms with Gasteiger partial charge in [0.15, 0.2) is 0 Å². The van der Waals surface area contributed by atoms with E-state index in [1.165, 1.54) is 0 Å². The first-order chi connectivity index (χ1) is 10.2. The number of hydrazine groups is 1. The van der Waals surface area contributed by atoms with E-state index in [1.54, 1.807) is 12.1 Å². The minimum Gasteiger partial charge on any atom is -0.494 e. The lowest BCUT2D eigenvalue weighted by Gasteiger charge is -2.12. The SMILES string of the molecule is CCOc1cc(CNNc2ccccc2)cc(B(O)O)c1. The van der Waals surface area contributed by atoms with Gasteiger partial charge in [0.2, 0.25) is 0 Å². The van der Waals surface area contributed by atoms with Crippen LogP contribution in [0.5, 0.6) is 5.75 Å². The zero-order valence-electron chi connectivity index (χ0n) is 11.9. The third-order valence-corrected chi connectivity index (χ3v) is 2.90. The topological polar surface area (TPSA) is 73.8 Å². The molecule has 110 valence electrons. The lowest BCUT2D eigenvalue weighted by Crippen LogP contribution is -2.31. The summed E-state index contributed by atoms with van der Waals surface area (Å²) in [6, 6.07) is 15.0. The summed E-state index contributed by atoms with van der Waals surface area (Å²) in [5.41, 5.74) is 8.43. The van der Waals surface area contributed by atoms with E-state index in [-0.39, 0.29) is 0 Å².